The monoisotopic (exact) mass is 439 g/mol. The van der Waals surface area contributed by atoms with Crippen LogP contribution in [-0.2, 0) is 4.79 Å². The van der Waals surface area contributed by atoms with E-state index in [1.165, 1.54) is 7.11 Å². The molecule has 174 valence electrons. The molecule has 1 amide bonds. The highest BCUT2D eigenvalue weighted by molar-refractivity contribution is 5.78. The quantitative estimate of drug-likeness (QED) is 0.652. The molecule has 3 rings (SSSR count). The maximum atomic E-state index is 14.5. The van der Waals surface area contributed by atoms with Crippen molar-refractivity contribution in [2.75, 3.05) is 51.3 Å². The summed E-state index contributed by atoms with van der Waals surface area (Å²) in [6, 6.07) is 5.15. The van der Waals surface area contributed by atoms with Crippen molar-refractivity contribution in [3.05, 3.63) is 24.0 Å². The van der Waals surface area contributed by atoms with Crippen molar-refractivity contribution in [2.24, 2.45) is 5.92 Å². The fourth-order valence-corrected chi connectivity index (χ4v) is 4.45. The van der Waals surface area contributed by atoms with Crippen molar-refractivity contribution in [2.45, 2.75) is 50.8 Å². The van der Waals surface area contributed by atoms with E-state index in [2.05, 4.69) is 10.2 Å². The van der Waals surface area contributed by atoms with Gasteiger partial charge in [0.05, 0.1) is 18.9 Å². The Balaban J connectivity index is 1.35. The summed E-state index contributed by atoms with van der Waals surface area (Å²) in [7, 11) is 1.46. The molecular formula is C23H35F2N3O3. The fraction of sp³-hybridized carbons (Fsp3) is 0.696. The van der Waals surface area contributed by atoms with Gasteiger partial charge >= 0.3 is 0 Å². The number of nitrogens with zero attached hydrogens (tertiary/aromatic N) is 2. The second-order valence-corrected chi connectivity index (χ2v) is 9.00. The van der Waals surface area contributed by atoms with Gasteiger partial charge in [0, 0.05) is 45.2 Å². The molecule has 2 aliphatic rings. The number of aliphatic hydroxyl groups is 1. The van der Waals surface area contributed by atoms with Crippen molar-refractivity contribution >= 4 is 11.6 Å². The van der Waals surface area contributed by atoms with Gasteiger partial charge in [-0.2, -0.15) is 0 Å². The van der Waals surface area contributed by atoms with Gasteiger partial charge in [0.1, 0.15) is 5.67 Å². The summed E-state index contributed by atoms with van der Waals surface area (Å²) in [5, 5.41) is 13.2. The number of piperazine rings is 1. The van der Waals surface area contributed by atoms with Gasteiger partial charge in [0.25, 0.3) is 0 Å². The number of anilines is 1. The smallest absolute Gasteiger partial charge is 0.223 e. The SMILES string of the molecule is COc1cccc(N2CCN(CC(O)CCNC(=O)C3CCC(C)(F)CC3)CC2)c1F. The number of carbonyl (C=O) groups is 1. The van der Waals surface area contributed by atoms with Crippen molar-refractivity contribution in [1.82, 2.24) is 10.2 Å². The molecule has 1 aromatic rings. The number of alkyl halides is 1. The predicted molar refractivity (Wildman–Crippen MR) is 117 cm³/mol. The molecular weight excluding hydrogens is 404 g/mol. The molecule has 1 saturated heterocycles. The van der Waals surface area contributed by atoms with Gasteiger partial charge in [-0.15, -0.1) is 0 Å². The Hall–Kier alpha value is -1.93. The average molecular weight is 440 g/mol. The van der Waals surface area contributed by atoms with E-state index in [1.54, 1.807) is 25.1 Å². The highest BCUT2D eigenvalue weighted by atomic mass is 19.1. The fourth-order valence-electron chi connectivity index (χ4n) is 4.45. The molecule has 0 radical (unpaired) electrons. The van der Waals surface area contributed by atoms with Crippen LogP contribution in [0.15, 0.2) is 18.2 Å². The van der Waals surface area contributed by atoms with Crippen molar-refractivity contribution in [3.63, 3.8) is 0 Å². The first-order valence-corrected chi connectivity index (χ1v) is 11.2. The molecule has 0 spiro atoms. The lowest BCUT2D eigenvalue weighted by Gasteiger charge is -2.37. The van der Waals surface area contributed by atoms with Crippen LogP contribution in [0.5, 0.6) is 5.75 Å². The molecule has 1 heterocycles. The van der Waals surface area contributed by atoms with E-state index in [-0.39, 0.29) is 23.4 Å². The topological polar surface area (TPSA) is 65.0 Å². The van der Waals surface area contributed by atoms with Gasteiger partial charge in [-0.1, -0.05) is 6.07 Å². The van der Waals surface area contributed by atoms with E-state index in [0.29, 0.717) is 64.0 Å². The summed E-state index contributed by atoms with van der Waals surface area (Å²) in [4.78, 5) is 16.4. The predicted octanol–water partition coefficient (Wildman–Crippen LogP) is 2.74. The lowest BCUT2D eigenvalue weighted by atomic mass is 9.80. The van der Waals surface area contributed by atoms with E-state index < -0.39 is 11.8 Å². The number of rotatable bonds is 8. The van der Waals surface area contributed by atoms with Crippen LogP contribution in [0.2, 0.25) is 0 Å². The number of benzene rings is 1. The summed E-state index contributed by atoms with van der Waals surface area (Å²) in [5.74, 6) is -0.254. The Kier molecular flexibility index (Phi) is 8.11. The highest BCUT2D eigenvalue weighted by Gasteiger charge is 2.33. The van der Waals surface area contributed by atoms with Crippen LogP contribution in [0.3, 0.4) is 0 Å². The lowest BCUT2D eigenvalue weighted by molar-refractivity contribution is -0.126. The zero-order chi connectivity index (χ0) is 22.4. The third-order valence-corrected chi connectivity index (χ3v) is 6.52. The van der Waals surface area contributed by atoms with E-state index in [1.807, 2.05) is 4.90 Å². The molecule has 1 aromatic carbocycles. The molecule has 2 fully saturated rings. The Morgan fingerprint density at radius 3 is 2.61 bits per heavy atom. The zero-order valence-corrected chi connectivity index (χ0v) is 18.6. The van der Waals surface area contributed by atoms with Crippen LogP contribution in [0, 0.1) is 11.7 Å². The number of halogens is 2. The van der Waals surface area contributed by atoms with Gasteiger partial charge in [0.2, 0.25) is 5.91 Å². The van der Waals surface area contributed by atoms with Crippen molar-refractivity contribution in [1.29, 1.82) is 0 Å². The second-order valence-electron chi connectivity index (χ2n) is 9.00. The first-order valence-electron chi connectivity index (χ1n) is 11.2. The van der Waals surface area contributed by atoms with E-state index >= 15 is 0 Å². The minimum atomic E-state index is -1.14. The summed E-state index contributed by atoms with van der Waals surface area (Å²) < 4.78 is 33.4. The largest absolute Gasteiger partial charge is 0.494 e. The Bertz CT molecular complexity index is 729. The highest BCUT2D eigenvalue weighted by Crippen LogP contribution is 2.34. The average Bonchev–Trinajstić information content (AvgIpc) is 2.74. The zero-order valence-electron chi connectivity index (χ0n) is 18.6. The maximum Gasteiger partial charge on any atom is 0.223 e. The number of β-amino-alcohol motifs (C(OH)–C–C–N with tert-alkyl or cyclic N) is 1. The Morgan fingerprint density at radius 2 is 1.97 bits per heavy atom. The number of hydrogen-bond acceptors (Lipinski definition) is 5. The van der Waals surface area contributed by atoms with Crippen LogP contribution >= 0.6 is 0 Å². The van der Waals surface area contributed by atoms with Gasteiger partial charge in [-0.3, -0.25) is 9.69 Å². The lowest BCUT2D eigenvalue weighted by Crippen LogP contribution is -2.49. The molecule has 6 nitrogen and oxygen atoms in total. The van der Waals surface area contributed by atoms with Crippen molar-refractivity contribution in [3.8, 4) is 5.75 Å². The number of hydrogen-bond donors (Lipinski definition) is 2. The van der Waals surface area contributed by atoms with Gasteiger partial charge in [-0.25, -0.2) is 8.78 Å². The van der Waals surface area contributed by atoms with Gasteiger partial charge in [-0.05, 0) is 51.2 Å². The third kappa shape index (κ3) is 6.53. The van der Waals surface area contributed by atoms with Gasteiger partial charge < -0.3 is 20.1 Å². The number of methoxy groups -OCH3 is 1. The van der Waals surface area contributed by atoms with E-state index in [4.69, 9.17) is 4.74 Å². The number of aliphatic hydroxyl groups excluding tert-OH is 1. The maximum absolute atomic E-state index is 14.5. The molecule has 1 aliphatic heterocycles. The van der Waals surface area contributed by atoms with Crippen LogP contribution in [0.25, 0.3) is 0 Å². The van der Waals surface area contributed by atoms with Crippen LogP contribution in [0.1, 0.15) is 39.0 Å². The summed E-state index contributed by atoms with van der Waals surface area (Å²) in [6.45, 7) is 5.33. The van der Waals surface area contributed by atoms with E-state index in [0.717, 1.165) is 13.1 Å². The number of carbonyl (C=O) groups excluding carboxylic acids is 1. The summed E-state index contributed by atoms with van der Waals surface area (Å²) >= 11 is 0. The normalized spacial score (nSPS) is 25.8. The molecule has 1 atom stereocenters. The molecule has 0 bridgehead atoms. The molecule has 1 aliphatic carbocycles. The molecule has 1 unspecified atom stereocenters. The number of amides is 1. The molecule has 2 N–H and O–H groups in total. The first-order chi connectivity index (χ1) is 14.8. The Labute approximate surface area is 183 Å². The van der Waals surface area contributed by atoms with E-state index in [9.17, 15) is 18.7 Å². The molecule has 31 heavy (non-hydrogen) atoms. The standard InChI is InChI=1S/C23H35F2N3O3/c1-23(25)9-6-17(7-10-23)22(30)26-11-8-18(29)16-27-12-14-28(15-13-27)19-4-3-5-20(31-2)21(19)24/h3-5,17-18,29H,6-16H2,1-2H3,(H,26,30). The number of ether oxygens (including phenoxy) is 1. The van der Waals surface area contributed by atoms with Crippen molar-refractivity contribution < 1.29 is 23.4 Å². The van der Waals surface area contributed by atoms with Crippen LogP contribution in [0.4, 0.5) is 14.5 Å². The minimum absolute atomic E-state index is 0.0309. The molecule has 0 aromatic heterocycles. The number of nitrogens with one attached hydrogen (secondary N) is 1. The van der Waals surface area contributed by atoms with Crippen LogP contribution < -0.4 is 15.0 Å². The first kappa shape index (κ1) is 23.7. The third-order valence-electron chi connectivity index (χ3n) is 6.52. The minimum Gasteiger partial charge on any atom is -0.494 e. The summed E-state index contributed by atoms with van der Waals surface area (Å²) in [6.07, 6.45) is 1.96. The molecule has 1 saturated carbocycles. The Morgan fingerprint density at radius 1 is 1.29 bits per heavy atom. The molecule has 8 heteroatoms. The second kappa shape index (κ2) is 10.6. The summed E-state index contributed by atoms with van der Waals surface area (Å²) in [5.41, 5.74) is -0.604. The van der Waals surface area contributed by atoms with Crippen LogP contribution in [-0.4, -0.2) is 74.1 Å². The van der Waals surface area contributed by atoms with Gasteiger partial charge in [0.15, 0.2) is 11.6 Å².